The molecular formula is C16H15NO5. The van der Waals surface area contributed by atoms with Gasteiger partial charge in [-0.3, -0.25) is 10.1 Å². The van der Waals surface area contributed by atoms with E-state index in [1.54, 1.807) is 0 Å². The largest absolute Gasteiger partial charge is 0.459 e. The number of nitro benzene ring substituents is 1. The molecule has 0 aliphatic carbocycles. The Morgan fingerprint density at radius 1 is 1.09 bits per heavy atom. The van der Waals surface area contributed by atoms with Crippen LogP contribution in [0.4, 0.5) is 5.69 Å². The van der Waals surface area contributed by atoms with E-state index in [4.69, 9.17) is 4.74 Å². The van der Waals surface area contributed by atoms with Gasteiger partial charge in [-0.05, 0) is 11.1 Å². The van der Waals surface area contributed by atoms with Crippen LogP contribution in [0.25, 0.3) is 0 Å². The molecule has 0 radical (unpaired) electrons. The van der Waals surface area contributed by atoms with Gasteiger partial charge in [-0.15, -0.1) is 0 Å². The van der Waals surface area contributed by atoms with Gasteiger partial charge in [0.15, 0.2) is 6.10 Å². The van der Waals surface area contributed by atoms with Crippen molar-refractivity contribution >= 4 is 11.7 Å². The third-order valence-electron chi connectivity index (χ3n) is 3.07. The number of carbonyl (C=O) groups is 1. The van der Waals surface area contributed by atoms with Crippen LogP contribution in [0.3, 0.4) is 0 Å². The summed E-state index contributed by atoms with van der Waals surface area (Å²) >= 11 is 0. The Labute approximate surface area is 127 Å². The lowest BCUT2D eigenvalue weighted by Crippen LogP contribution is -2.25. The van der Waals surface area contributed by atoms with Crippen molar-refractivity contribution in [2.75, 3.05) is 0 Å². The second-order valence-electron chi connectivity index (χ2n) is 4.74. The van der Waals surface area contributed by atoms with E-state index < -0.39 is 17.0 Å². The zero-order valence-corrected chi connectivity index (χ0v) is 11.7. The van der Waals surface area contributed by atoms with Crippen molar-refractivity contribution in [1.29, 1.82) is 0 Å². The number of hydrogen-bond donors (Lipinski definition) is 1. The Bertz CT molecular complexity index is 639. The molecule has 0 aliphatic rings. The highest BCUT2D eigenvalue weighted by Crippen LogP contribution is 2.13. The van der Waals surface area contributed by atoms with Crippen LogP contribution in [0.2, 0.25) is 0 Å². The zero-order chi connectivity index (χ0) is 15.9. The van der Waals surface area contributed by atoms with Crippen LogP contribution in [0.15, 0.2) is 54.6 Å². The van der Waals surface area contributed by atoms with Crippen molar-refractivity contribution in [3.8, 4) is 0 Å². The van der Waals surface area contributed by atoms with Gasteiger partial charge >= 0.3 is 5.97 Å². The maximum atomic E-state index is 11.7. The van der Waals surface area contributed by atoms with Crippen LogP contribution in [0.1, 0.15) is 11.1 Å². The number of benzene rings is 2. The summed E-state index contributed by atoms with van der Waals surface area (Å²) in [5.41, 5.74) is 1.41. The first-order valence-electron chi connectivity index (χ1n) is 6.68. The highest BCUT2D eigenvalue weighted by atomic mass is 16.6. The summed E-state index contributed by atoms with van der Waals surface area (Å²) in [5, 5.41) is 20.4. The predicted octanol–water partition coefficient (Wildman–Crippen LogP) is 2.24. The molecule has 0 fully saturated rings. The van der Waals surface area contributed by atoms with Crippen molar-refractivity contribution in [1.82, 2.24) is 0 Å². The Balaban J connectivity index is 1.86. The highest BCUT2D eigenvalue weighted by Gasteiger charge is 2.17. The maximum absolute atomic E-state index is 11.7. The lowest BCUT2D eigenvalue weighted by atomic mass is 10.1. The molecule has 0 bridgehead atoms. The number of aliphatic hydroxyl groups excluding tert-OH is 1. The number of nitro groups is 1. The van der Waals surface area contributed by atoms with Crippen molar-refractivity contribution in [2.45, 2.75) is 19.1 Å². The number of non-ortho nitro benzene ring substituents is 1. The van der Waals surface area contributed by atoms with Gasteiger partial charge in [0.1, 0.15) is 6.61 Å². The summed E-state index contributed by atoms with van der Waals surface area (Å²) < 4.78 is 5.03. The van der Waals surface area contributed by atoms with Gasteiger partial charge in [0.2, 0.25) is 0 Å². The fourth-order valence-corrected chi connectivity index (χ4v) is 1.89. The smallest absolute Gasteiger partial charge is 0.335 e. The van der Waals surface area contributed by atoms with Crippen molar-refractivity contribution in [2.24, 2.45) is 0 Å². The summed E-state index contributed by atoms with van der Waals surface area (Å²) in [7, 11) is 0. The molecule has 114 valence electrons. The van der Waals surface area contributed by atoms with Gasteiger partial charge in [0.25, 0.3) is 5.69 Å². The number of rotatable bonds is 6. The molecule has 1 atom stereocenters. The van der Waals surface area contributed by atoms with Crippen molar-refractivity contribution < 1.29 is 19.6 Å². The van der Waals surface area contributed by atoms with Crippen LogP contribution in [-0.2, 0) is 22.6 Å². The first-order valence-corrected chi connectivity index (χ1v) is 6.68. The van der Waals surface area contributed by atoms with E-state index in [1.165, 1.54) is 24.3 Å². The van der Waals surface area contributed by atoms with Crippen LogP contribution < -0.4 is 0 Å². The predicted molar refractivity (Wildman–Crippen MR) is 79.0 cm³/mol. The second kappa shape index (κ2) is 7.33. The van der Waals surface area contributed by atoms with E-state index in [-0.39, 0.29) is 18.7 Å². The molecule has 0 amide bonds. The fourth-order valence-electron chi connectivity index (χ4n) is 1.89. The molecule has 2 aromatic rings. The van der Waals surface area contributed by atoms with E-state index in [0.29, 0.717) is 5.56 Å². The third-order valence-corrected chi connectivity index (χ3v) is 3.07. The monoisotopic (exact) mass is 301 g/mol. The van der Waals surface area contributed by atoms with Crippen molar-refractivity contribution in [3.63, 3.8) is 0 Å². The summed E-state index contributed by atoms with van der Waals surface area (Å²) in [5.74, 6) is -0.720. The van der Waals surface area contributed by atoms with Crippen LogP contribution in [0.5, 0.6) is 0 Å². The fraction of sp³-hybridized carbons (Fsp3) is 0.188. The zero-order valence-electron chi connectivity index (χ0n) is 11.7. The van der Waals surface area contributed by atoms with E-state index in [1.807, 2.05) is 30.3 Å². The van der Waals surface area contributed by atoms with Gasteiger partial charge in [-0.25, -0.2) is 4.79 Å². The molecule has 0 saturated carbocycles. The van der Waals surface area contributed by atoms with Gasteiger partial charge in [-0.1, -0.05) is 42.5 Å². The molecule has 0 aliphatic heterocycles. The lowest BCUT2D eigenvalue weighted by Gasteiger charge is -2.10. The van der Waals surface area contributed by atoms with Gasteiger partial charge in [-0.2, -0.15) is 0 Å². The standard InChI is InChI=1S/C16H15NO5/c18-15(10-12-6-8-14(9-7-12)17(20)21)16(19)22-11-13-4-2-1-3-5-13/h1-9,15,18H,10-11H2/t15-/m0/s1. The lowest BCUT2D eigenvalue weighted by molar-refractivity contribution is -0.384. The normalized spacial score (nSPS) is 11.7. The minimum Gasteiger partial charge on any atom is -0.459 e. The Morgan fingerprint density at radius 3 is 2.32 bits per heavy atom. The van der Waals surface area contributed by atoms with Crippen molar-refractivity contribution in [3.05, 3.63) is 75.8 Å². The third kappa shape index (κ3) is 4.39. The molecule has 6 nitrogen and oxygen atoms in total. The molecule has 22 heavy (non-hydrogen) atoms. The van der Waals surface area contributed by atoms with Gasteiger partial charge < -0.3 is 9.84 Å². The number of esters is 1. The van der Waals surface area contributed by atoms with Crippen LogP contribution in [-0.4, -0.2) is 22.1 Å². The van der Waals surface area contributed by atoms with Crippen LogP contribution in [0, 0.1) is 10.1 Å². The number of hydrogen-bond acceptors (Lipinski definition) is 5. The van der Waals surface area contributed by atoms with E-state index in [2.05, 4.69) is 0 Å². The molecule has 0 heterocycles. The number of aliphatic hydroxyl groups is 1. The highest BCUT2D eigenvalue weighted by molar-refractivity contribution is 5.74. The molecule has 0 saturated heterocycles. The van der Waals surface area contributed by atoms with Gasteiger partial charge in [0, 0.05) is 18.6 Å². The Hall–Kier alpha value is -2.73. The Kier molecular flexibility index (Phi) is 5.21. The summed E-state index contributed by atoms with van der Waals surface area (Å²) in [4.78, 5) is 21.8. The first kappa shape index (κ1) is 15.7. The minimum atomic E-state index is -1.30. The van der Waals surface area contributed by atoms with E-state index >= 15 is 0 Å². The summed E-state index contributed by atoms with van der Waals surface area (Å²) in [6.07, 6.45) is -1.25. The topological polar surface area (TPSA) is 89.7 Å². The Morgan fingerprint density at radius 2 is 1.73 bits per heavy atom. The molecule has 2 aromatic carbocycles. The van der Waals surface area contributed by atoms with E-state index in [0.717, 1.165) is 5.56 Å². The molecule has 0 aromatic heterocycles. The molecular weight excluding hydrogens is 286 g/mol. The molecule has 0 unspecified atom stereocenters. The summed E-state index contributed by atoms with van der Waals surface area (Å²) in [6.45, 7) is 0.0942. The van der Waals surface area contributed by atoms with E-state index in [9.17, 15) is 20.0 Å². The second-order valence-corrected chi connectivity index (χ2v) is 4.74. The average Bonchev–Trinajstić information content (AvgIpc) is 2.54. The molecule has 6 heteroatoms. The molecule has 1 N–H and O–H groups in total. The summed E-state index contributed by atoms with van der Waals surface area (Å²) in [6, 6.07) is 14.8. The van der Waals surface area contributed by atoms with Gasteiger partial charge in [0.05, 0.1) is 4.92 Å². The number of nitrogens with zero attached hydrogens (tertiary/aromatic N) is 1. The molecule has 0 spiro atoms. The SMILES string of the molecule is O=C(OCc1ccccc1)[C@@H](O)Cc1ccc([N+](=O)[O-])cc1. The first-order chi connectivity index (χ1) is 10.6. The average molecular weight is 301 g/mol. The number of carbonyl (C=O) groups excluding carboxylic acids is 1. The quantitative estimate of drug-likeness (QED) is 0.502. The minimum absolute atomic E-state index is 0.0371. The molecule has 2 rings (SSSR count). The van der Waals surface area contributed by atoms with Crippen LogP contribution >= 0.6 is 0 Å². The number of ether oxygens (including phenoxy) is 1. The maximum Gasteiger partial charge on any atom is 0.335 e.